The van der Waals surface area contributed by atoms with Gasteiger partial charge in [-0.2, -0.15) is 5.10 Å². The van der Waals surface area contributed by atoms with Crippen LogP contribution in [0, 0.1) is 0 Å². The quantitative estimate of drug-likeness (QED) is 0.786. The average molecular weight is 292 g/mol. The van der Waals surface area contributed by atoms with E-state index >= 15 is 0 Å². The Morgan fingerprint density at radius 3 is 2.50 bits per heavy atom. The summed E-state index contributed by atoms with van der Waals surface area (Å²) in [6.07, 6.45) is 4.32. The fourth-order valence-electron chi connectivity index (χ4n) is 2.17. The average Bonchev–Trinajstić information content (AvgIpc) is 3.09. The summed E-state index contributed by atoms with van der Waals surface area (Å²) < 4.78 is 1.67. The van der Waals surface area contributed by atoms with Gasteiger partial charge in [-0.3, -0.25) is 4.79 Å². The lowest BCUT2D eigenvalue weighted by atomic mass is 10.1. The van der Waals surface area contributed by atoms with Crippen molar-refractivity contribution in [3.05, 3.63) is 72.8 Å². The van der Waals surface area contributed by atoms with Gasteiger partial charge in [0.25, 0.3) is 0 Å². The Morgan fingerprint density at radius 1 is 1.05 bits per heavy atom. The maximum atomic E-state index is 12.0. The van der Waals surface area contributed by atoms with Crippen molar-refractivity contribution < 1.29 is 4.79 Å². The van der Waals surface area contributed by atoms with Crippen LogP contribution in [0.5, 0.6) is 0 Å². The fourth-order valence-corrected chi connectivity index (χ4v) is 2.17. The standard InChI is InChI=1S/C17H16N4O/c22-17(11-6-14-4-2-1-3-5-14)20-15-7-9-16(10-8-15)21-13-18-12-19-21/h1-5,7-10,12-13H,6,11H2,(H,20,22). The Kier molecular flexibility index (Phi) is 4.25. The second-order valence-electron chi connectivity index (χ2n) is 4.92. The van der Waals surface area contributed by atoms with Crippen LogP contribution < -0.4 is 5.32 Å². The second kappa shape index (κ2) is 6.67. The summed E-state index contributed by atoms with van der Waals surface area (Å²) in [6, 6.07) is 17.5. The van der Waals surface area contributed by atoms with Crippen LogP contribution in [0.15, 0.2) is 67.3 Å². The third kappa shape index (κ3) is 3.58. The van der Waals surface area contributed by atoms with Crippen LogP contribution in [-0.4, -0.2) is 20.7 Å². The van der Waals surface area contributed by atoms with E-state index in [4.69, 9.17) is 0 Å². The number of nitrogens with one attached hydrogen (secondary N) is 1. The molecular weight excluding hydrogens is 276 g/mol. The lowest BCUT2D eigenvalue weighted by Gasteiger charge is -2.06. The molecule has 1 N–H and O–H groups in total. The summed E-state index contributed by atoms with van der Waals surface area (Å²) in [5.74, 6) is 0.0114. The second-order valence-corrected chi connectivity index (χ2v) is 4.92. The number of aryl methyl sites for hydroxylation is 1. The maximum absolute atomic E-state index is 12.0. The number of hydrogen-bond donors (Lipinski definition) is 1. The van der Waals surface area contributed by atoms with Gasteiger partial charge in [-0.15, -0.1) is 0 Å². The van der Waals surface area contributed by atoms with Crippen molar-refractivity contribution in [2.45, 2.75) is 12.8 Å². The molecular formula is C17H16N4O. The van der Waals surface area contributed by atoms with Crippen molar-refractivity contribution in [1.29, 1.82) is 0 Å². The van der Waals surface area contributed by atoms with Crippen molar-refractivity contribution in [1.82, 2.24) is 14.8 Å². The lowest BCUT2D eigenvalue weighted by molar-refractivity contribution is -0.116. The van der Waals surface area contributed by atoms with E-state index in [0.717, 1.165) is 17.8 Å². The molecule has 1 heterocycles. The van der Waals surface area contributed by atoms with E-state index < -0.39 is 0 Å². The molecule has 3 rings (SSSR count). The first-order chi connectivity index (χ1) is 10.8. The molecule has 0 unspecified atom stereocenters. The van der Waals surface area contributed by atoms with Gasteiger partial charge in [-0.1, -0.05) is 30.3 Å². The van der Waals surface area contributed by atoms with Crippen molar-refractivity contribution in [2.75, 3.05) is 5.32 Å². The molecule has 0 saturated heterocycles. The van der Waals surface area contributed by atoms with E-state index in [0.29, 0.717) is 6.42 Å². The first-order valence-electron chi connectivity index (χ1n) is 7.10. The van der Waals surface area contributed by atoms with Gasteiger partial charge in [0.05, 0.1) is 5.69 Å². The molecule has 0 atom stereocenters. The summed E-state index contributed by atoms with van der Waals surface area (Å²) in [6.45, 7) is 0. The molecule has 0 radical (unpaired) electrons. The molecule has 5 nitrogen and oxygen atoms in total. The van der Waals surface area contributed by atoms with E-state index in [2.05, 4.69) is 15.4 Å². The number of nitrogens with zero attached hydrogens (tertiary/aromatic N) is 3. The Morgan fingerprint density at radius 2 is 1.82 bits per heavy atom. The highest BCUT2D eigenvalue weighted by Crippen LogP contribution is 2.13. The van der Waals surface area contributed by atoms with Gasteiger partial charge < -0.3 is 5.32 Å². The SMILES string of the molecule is O=C(CCc1ccccc1)Nc1ccc(-n2cncn2)cc1. The van der Waals surface area contributed by atoms with Crippen molar-refractivity contribution >= 4 is 11.6 Å². The number of aromatic nitrogens is 3. The number of rotatable bonds is 5. The largest absolute Gasteiger partial charge is 0.326 e. The zero-order chi connectivity index (χ0) is 15.2. The smallest absolute Gasteiger partial charge is 0.224 e. The van der Waals surface area contributed by atoms with Crippen LogP contribution in [0.2, 0.25) is 0 Å². The van der Waals surface area contributed by atoms with E-state index in [1.54, 1.807) is 11.0 Å². The zero-order valence-electron chi connectivity index (χ0n) is 12.0. The van der Waals surface area contributed by atoms with Gasteiger partial charge in [0.2, 0.25) is 5.91 Å². The highest BCUT2D eigenvalue weighted by atomic mass is 16.1. The molecule has 5 heteroatoms. The highest BCUT2D eigenvalue weighted by Gasteiger charge is 2.04. The van der Waals surface area contributed by atoms with Crippen LogP contribution in [0.3, 0.4) is 0 Å². The number of hydrogen-bond acceptors (Lipinski definition) is 3. The fraction of sp³-hybridized carbons (Fsp3) is 0.118. The van der Waals surface area contributed by atoms with Gasteiger partial charge in [-0.05, 0) is 36.2 Å². The third-order valence-corrected chi connectivity index (χ3v) is 3.32. The Balaban J connectivity index is 1.55. The normalized spacial score (nSPS) is 10.4. The van der Waals surface area contributed by atoms with Crippen LogP contribution in [0.4, 0.5) is 5.69 Å². The van der Waals surface area contributed by atoms with E-state index in [1.807, 2.05) is 54.6 Å². The van der Waals surface area contributed by atoms with Gasteiger partial charge in [0.1, 0.15) is 12.7 Å². The Labute approximate surface area is 128 Å². The van der Waals surface area contributed by atoms with Crippen molar-refractivity contribution in [3.63, 3.8) is 0 Å². The van der Waals surface area contributed by atoms with E-state index in [1.165, 1.54) is 11.9 Å². The minimum Gasteiger partial charge on any atom is -0.326 e. The molecule has 0 saturated carbocycles. The zero-order valence-corrected chi connectivity index (χ0v) is 12.0. The Hall–Kier alpha value is -2.95. The van der Waals surface area contributed by atoms with Gasteiger partial charge in [0, 0.05) is 12.1 Å². The molecule has 1 aromatic heterocycles. The minimum absolute atomic E-state index is 0.0114. The predicted octanol–water partition coefficient (Wildman–Crippen LogP) is 2.84. The predicted molar refractivity (Wildman–Crippen MR) is 84.8 cm³/mol. The molecule has 0 aliphatic carbocycles. The van der Waals surface area contributed by atoms with Crippen LogP contribution in [-0.2, 0) is 11.2 Å². The molecule has 0 aliphatic rings. The highest BCUT2D eigenvalue weighted by molar-refractivity contribution is 5.90. The van der Waals surface area contributed by atoms with Crippen LogP contribution in [0.1, 0.15) is 12.0 Å². The number of amides is 1. The maximum Gasteiger partial charge on any atom is 0.224 e. The molecule has 1 amide bonds. The summed E-state index contributed by atoms with van der Waals surface area (Å²) in [7, 11) is 0. The summed E-state index contributed by atoms with van der Waals surface area (Å²) in [5, 5.41) is 6.96. The Bertz CT molecular complexity index is 721. The number of anilines is 1. The molecule has 0 fully saturated rings. The summed E-state index contributed by atoms with van der Waals surface area (Å²) >= 11 is 0. The van der Waals surface area contributed by atoms with Crippen molar-refractivity contribution in [3.8, 4) is 5.69 Å². The van der Waals surface area contributed by atoms with Gasteiger partial charge in [0.15, 0.2) is 0 Å². The van der Waals surface area contributed by atoms with Gasteiger partial charge >= 0.3 is 0 Å². The first-order valence-corrected chi connectivity index (χ1v) is 7.10. The summed E-state index contributed by atoms with van der Waals surface area (Å²) in [5.41, 5.74) is 2.85. The molecule has 0 bridgehead atoms. The number of carbonyl (C=O) groups is 1. The molecule has 0 spiro atoms. The van der Waals surface area contributed by atoms with E-state index in [-0.39, 0.29) is 5.91 Å². The molecule has 2 aromatic carbocycles. The number of carbonyl (C=O) groups excluding carboxylic acids is 1. The third-order valence-electron chi connectivity index (χ3n) is 3.32. The molecule has 0 aliphatic heterocycles. The number of benzene rings is 2. The first kappa shape index (κ1) is 14.0. The van der Waals surface area contributed by atoms with Gasteiger partial charge in [-0.25, -0.2) is 9.67 Å². The minimum atomic E-state index is 0.0114. The molecule has 110 valence electrons. The van der Waals surface area contributed by atoms with E-state index in [9.17, 15) is 4.79 Å². The van der Waals surface area contributed by atoms with Crippen molar-refractivity contribution in [2.24, 2.45) is 0 Å². The molecule has 3 aromatic rings. The summed E-state index contributed by atoms with van der Waals surface area (Å²) in [4.78, 5) is 15.9. The monoisotopic (exact) mass is 292 g/mol. The lowest BCUT2D eigenvalue weighted by Crippen LogP contribution is -2.12. The van der Waals surface area contributed by atoms with Crippen LogP contribution in [0.25, 0.3) is 5.69 Å². The topological polar surface area (TPSA) is 59.8 Å². The molecule has 22 heavy (non-hydrogen) atoms. The van der Waals surface area contributed by atoms with Crippen LogP contribution >= 0.6 is 0 Å².